The quantitative estimate of drug-likeness (QED) is 0.644. The molecule has 0 spiro atoms. The fraction of sp³-hybridized carbons (Fsp3) is 0.500. The van der Waals surface area contributed by atoms with Gasteiger partial charge in [0.15, 0.2) is 0 Å². The number of benzene rings is 1. The Balaban J connectivity index is 1.89. The second-order valence-electron chi connectivity index (χ2n) is 5.34. The number of hydrogen-bond donors (Lipinski definition) is 0. The van der Waals surface area contributed by atoms with Gasteiger partial charge in [-0.1, -0.05) is 48.9 Å². The number of rotatable bonds is 3. The van der Waals surface area contributed by atoms with E-state index in [4.69, 9.17) is 0 Å². The van der Waals surface area contributed by atoms with Crippen molar-refractivity contribution in [3.63, 3.8) is 0 Å². The highest BCUT2D eigenvalue weighted by atomic mass is 14.2. The molecule has 0 amide bonds. The van der Waals surface area contributed by atoms with Crippen molar-refractivity contribution in [1.82, 2.24) is 0 Å². The van der Waals surface area contributed by atoms with Crippen molar-refractivity contribution in [3.8, 4) is 0 Å². The molecule has 2 atom stereocenters. The predicted molar refractivity (Wildman–Crippen MR) is 70.4 cm³/mol. The van der Waals surface area contributed by atoms with Crippen LogP contribution in [0.1, 0.15) is 38.7 Å². The van der Waals surface area contributed by atoms with Crippen molar-refractivity contribution >= 4 is 0 Å². The summed E-state index contributed by atoms with van der Waals surface area (Å²) in [4.78, 5) is 0. The molecule has 0 aliphatic heterocycles. The Morgan fingerprint density at radius 1 is 1.19 bits per heavy atom. The van der Waals surface area contributed by atoms with Gasteiger partial charge in [-0.05, 0) is 50.0 Å². The summed E-state index contributed by atoms with van der Waals surface area (Å²) >= 11 is 0. The van der Waals surface area contributed by atoms with Crippen LogP contribution in [0, 0.1) is 11.8 Å². The monoisotopic (exact) mass is 214 g/mol. The lowest BCUT2D eigenvalue weighted by molar-refractivity contribution is 0.398. The van der Waals surface area contributed by atoms with Crippen LogP contribution >= 0.6 is 0 Å². The molecule has 1 aliphatic carbocycles. The Morgan fingerprint density at radius 2 is 1.94 bits per heavy atom. The molecule has 0 nitrogen and oxygen atoms in total. The molecule has 0 fully saturated rings. The maximum absolute atomic E-state index is 2.50. The van der Waals surface area contributed by atoms with E-state index in [0.29, 0.717) is 0 Å². The van der Waals surface area contributed by atoms with Gasteiger partial charge in [0.05, 0.1) is 0 Å². The Kier molecular flexibility index (Phi) is 3.82. The minimum atomic E-state index is 0.809. The van der Waals surface area contributed by atoms with Crippen LogP contribution in [-0.4, -0.2) is 0 Å². The molecule has 16 heavy (non-hydrogen) atoms. The molecular weight excluding hydrogens is 192 g/mol. The first-order valence-electron chi connectivity index (χ1n) is 6.45. The van der Waals surface area contributed by atoms with Gasteiger partial charge in [0.2, 0.25) is 0 Å². The van der Waals surface area contributed by atoms with E-state index in [1.54, 1.807) is 5.57 Å². The molecule has 2 unspecified atom stereocenters. The van der Waals surface area contributed by atoms with Gasteiger partial charge in [-0.3, -0.25) is 0 Å². The summed E-state index contributed by atoms with van der Waals surface area (Å²) in [6.07, 6.45) is 7.72. The zero-order chi connectivity index (χ0) is 11.4. The van der Waals surface area contributed by atoms with Crippen LogP contribution in [0.4, 0.5) is 0 Å². The lowest BCUT2D eigenvalue weighted by Gasteiger charge is -2.24. The second-order valence-corrected chi connectivity index (χ2v) is 5.34. The van der Waals surface area contributed by atoms with Crippen molar-refractivity contribution in [3.05, 3.63) is 47.5 Å². The van der Waals surface area contributed by atoms with E-state index in [-0.39, 0.29) is 0 Å². The third-order valence-corrected chi connectivity index (χ3v) is 3.54. The molecule has 0 saturated heterocycles. The molecule has 0 heterocycles. The van der Waals surface area contributed by atoms with Crippen molar-refractivity contribution in [2.45, 2.75) is 39.5 Å². The Bertz CT molecular complexity index is 348. The van der Waals surface area contributed by atoms with E-state index >= 15 is 0 Å². The molecule has 0 aromatic heterocycles. The van der Waals surface area contributed by atoms with Gasteiger partial charge in [-0.25, -0.2) is 0 Å². The maximum atomic E-state index is 2.50. The normalized spacial score (nSPS) is 25.2. The molecular formula is C16H22. The van der Waals surface area contributed by atoms with Gasteiger partial charge in [0.1, 0.15) is 0 Å². The molecule has 0 N–H and O–H groups in total. The molecule has 86 valence electrons. The zero-order valence-electron chi connectivity index (χ0n) is 10.4. The molecule has 0 radical (unpaired) electrons. The highest BCUT2D eigenvalue weighted by Crippen LogP contribution is 2.30. The summed E-state index contributed by atoms with van der Waals surface area (Å²) in [5, 5.41) is 0. The van der Waals surface area contributed by atoms with Gasteiger partial charge in [-0.15, -0.1) is 0 Å². The van der Waals surface area contributed by atoms with Gasteiger partial charge in [0, 0.05) is 0 Å². The standard InChI is InChI=1S/C16H22/c1-13-10-14(2)12-16(11-13)9-8-15-6-4-3-5-7-15/h3-7,11,14,16H,8-10,12H2,1-2H3. The number of hydrogen-bond acceptors (Lipinski definition) is 0. The molecule has 0 saturated carbocycles. The van der Waals surface area contributed by atoms with Crippen LogP contribution in [0.15, 0.2) is 42.0 Å². The summed E-state index contributed by atoms with van der Waals surface area (Å²) < 4.78 is 0. The molecule has 1 aromatic carbocycles. The Morgan fingerprint density at radius 3 is 2.62 bits per heavy atom. The largest absolute Gasteiger partial charge is 0.0825 e. The third-order valence-electron chi connectivity index (χ3n) is 3.54. The molecule has 2 rings (SSSR count). The second kappa shape index (κ2) is 5.34. The summed E-state index contributed by atoms with van der Waals surface area (Å²) in [7, 11) is 0. The van der Waals surface area contributed by atoms with Gasteiger partial charge in [-0.2, -0.15) is 0 Å². The van der Waals surface area contributed by atoms with Gasteiger partial charge < -0.3 is 0 Å². The van der Waals surface area contributed by atoms with Crippen molar-refractivity contribution in [2.24, 2.45) is 11.8 Å². The average molecular weight is 214 g/mol. The fourth-order valence-electron chi connectivity index (χ4n) is 2.89. The Labute approximate surface area is 99.4 Å². The minimum absolute atomic E-state index is 0.809. The number of aryl methyl sites for hydroxylation is 1. The van der Waals surface area contributed by atoms with E-state index in [1.807, 2.05) is 0 Å². The lowest BCUT2D eigenvalue weighted by Crippen LogP contribution is -2.11. The smallest absolute Gasteiger partial charge is 0.0225 e. The SMILES string of the molecule is CC1=CC(CCc2ccccc2)CC(C)C1. The molecule has 1 aromatic rings. The minimum Gasteiger partial charge on any atom is -0.0825 e. The van der Waals surface area contributed by atoms with Gasteiger partial charge in [0.25, 0.3) is 0 Å². The first kappa shape index (κ1) is 11.4. The van der Waals surface area contributed by atoms with Crippen LogP contribution in [0.25, 0.3) is 0 Å². The molecule has 1 aliphatic rings. The first-order chi connectivity index (χ1) is 7.74. The Hall–Kier alpha value is -1.04. The first-order valence-corrected chi connectivity index (χ1v) is 6.45. The molecule has 0 heteroatoms. The topological polar surface area (TPSA) is 0 Å². The van der Waals surface area contributed by atoms with Crippen molar-refractivity contribution in [2.75, 3.05) is 0 Å². The van der Waals surface area contributed by atoms with Crippen LogP contribution in [0.5, 0.6) is 0 Å². The van der Waals surface area contributed by atoms with E-state index in [0.717, 1.165) is 11.8 Å². The maximum Gasteiger partial charge on any atom is -0.0225 e. The predicted octanol–water partition coefficient (Wildman–Crippen LogP) is 4.61. The van der Waals surface area contributed by atoms with Gasteiger partial charge >= 0.3 is 0 Å². The highest BCUT2D eigenvalue weighted by Gasteiger charge is 2.16. The summed E-state index contributed by atoms with van der Waals surface area (Å²) in [6, 6.07) is 10.8. The lowest BCUT2D eigenvalue weighted by atomic mass is 9.81. The van der Waals surface area contributed by atoms with Crippen LogP contribution < -0.4 is 0 Å². The third kappa shape index (κ3) is 3.23. The summed E-state index contributed by atoms with van der Waals surface area (Å²) in [6.45, 7) is 4.66. The van der Waals surface area contributed by atoms with E-state index < -0.39 is 0 Å². The summed E-state index contributed by atoms with van der Waals surface area (Å²) in [5.74, 6) is 1.69. The van der Waals surface area contributed by atoms with Crippen LogP contribution in [0.3, 0.4) is 0 Å². The fourth-order valence-corrected chi connectivity index (χ4v) is 2.89. The van der Waals surface area contributed by atoms with E-state index in [1.165, 1.54) is 31.2 Å². The summed E-state index contributed by atoms with van der Waals surface area (Å²) in [5.41, 5.74) is 3.07. The van der Waals surface area contributed by atoms with Crippen LogP contribution in [0.2, 0.25) is 0 Å². The van der Waals surface area contributed by atoms with E-state index in [2.05, 4.69) is 50.3 Å². The molecule has 0 bridgehead atoms. The average Bonchev–Trinajstić information content (AvgIpc) is 2.27. The zero-order valence-corrected chi connectivity index (χ0v) is 10.4. The van der Waals surface area contributed by atoms with E-state index in [9.17, 15) is 0 Å². The van der Waals surface area contributed by atoms with Crippen molar-refractivity contribution < 1.29 is 0 Å². The number of allylic oxidation sites excluding steroid dienone is 2. The van der Waals surface area contributed by atoms with Crippen LogP contribution in [-0.2, 0) is 6.42 Å². The van der Waals surface area contributed by atoms with Crippen molar-refractivity contribution in [1.29, 1.82) is 0 Å². The highest BCUT2D eigenvalue weighted by molar-refractivity contribution is 5.15.